The van der Waals surface area contributed by atoms with E-state index in [1.165, 1.54) is 13.8 Å². The Morgan fingerprint density at radius 2 is 1.81 bits per heavy atom. The molecule has 0 fully saturated rings. The van der Waals surface area contributed by atoms with Gasteiger partial charge in [-0.2, -0.15) is 0 Å². The summed E-state index contributed by atoms with van der Waals surface area (Å²) >= 11 is 0. The van der Waals surface area contributed by atoms with Gasteiger partial charge in [0.05, 0.1) is 5.57 Å². The number of carboxylic acids is 2. The summed E-state index contributed by atoms with van der Waals surface area (Å²) in [6.07, 6.45) is -0.670. The molecule has 6 heteroatoms. The van der Waals surface area contributed by atoms with Crippen molar-refractivity contribution in [1.82, 2.24) is 0 Å². The van der Waals surface area contributed by atoms with Crippen molar-refractivity contribution in [2.45, 2.75) is 20.0 Å². The summed E-state index contributed by atoms with van der Waals surface area (Å²) in [6, 6.07) is 0. The second-order valence-electron chi connectivity index (χ2n) is 3.07. The van der Waals surface area contributed by atoms with Crippen molar-refractivity contribution in [1.29, 1.82) is 0 Å². The van der Waals surface area contributed by atoms with Crippen molar-refractivity contribution < 1.29 is 29.3 Å². The summed E-state index contributed by atoms with van der Waals surface area (Å²) in [5, 5.41) is 17.1. The SMILES string of the molecule is C=C(C)C(=O)OC(C)/C(=C/C(=O)O)C(=O)O. The van der Waals surface area contributed by atoms with Crippen LogP contribution >= 0.6 is 0 Å². The van der Waals surface area contributed by atoms with Crippen LogP contribution in [0, 0.1) is 0 Å². The maximum absolute atomic E-state index is 11.1. The molecule has 16 heavy (non-hydrogen) atoms. The quantitative estimate of drug-likeness (QED) is 0.527. The highest BCUT2D eigenvalue weighted by Gasteiger charge is 2.21. The molecule has 0 bridgehead atoms. The Hall–Kier alpha value is -2.11. The molecule has 6 nitrogen and oxygen atoms in total. The average Bonchev–Trinajstić information content (AvgIpc) is 2.12. The molecule has 0 saturated heterocycles. The fourth-order valence-electron chi connectivity index (χ4n) is 0.811. The van der Waals surface area contributed by atoms with Crippen molar-refractivity contribution in [3.8, 4) is 0 Å². The van der Waals surface area contributed by atoms with Crippen LogP contribution in [-0.4, -0.2) is 34.2 Å². The van der Waals surface area contributed by atoms with Crippen LogP contribution in [0.4, 0.5) is 0 Å². The molecule has 0 spiro atoms. The highest BCUT2D eigenvalue weighted by atomic mass is 16.5. The number of hydrogen-bond donors (Lipinski definition) is 2. The lowest BCUT2D eigenvalue weighted by Crippen LogP contribution is -2.23. The largest absolute Gasteiger partial charge is 0.478 e. The van der Waals surface area contributed by atoms with E-state index in [-0.39, 0.29) is 5.57 Å². The van der Waals surface area contributed by atoms with Crippen LogP contribution in [0.3, 0.4) is 0 Å². The van der Waals surface area contributed by atoms with E-state index >= 15 is 0 Å². The van der Waals surface area contributed by atoms with Gasteiger partial charge in [0, 0.05) is 11.6 Å². The summed E-state index contributed by atoms with van der Waals surface area (Å²) in [7, 11) is 0. The van der Waals surface area contributed by atoms with Crippen molar-refractivity contribution >= 4 is 17.9 Å². The van der Waals surface area contributed by atoms with Crippen LogP contribution in [0.1, 0.15) is 13.8 Å². The molecule has 88 valence electrons. The number of aliphatic carboxylic acids is 2. The predicted molar refractivity (Wildman–Crippen MR) is 53.7 cm³/mol. The summed E-state index contributed by atoms with van der Waals surface area (Å²) in [5.41, 5.74) is -0.408. The van der Waals surface area contributed by atoms with E-state index in [9.17, 15) is 14.4 Å². The van der Waals surface area contributed by atoms with E-state index < -0.39 is 29.6 Å². The van der Waals surface area contributed by atoms with Gasteiger partial charge in [0.25, 0.3) is 0 Å². The molecule has 0 aliphatic rings. The molecule has 0 amide bonds. The minimum absolute atomic E-state index is 0.104. The van der Waals surface area contributed by atoms with Crippen LogP contribution in [-0.2, 0) is 19.1 Å². The van der Waals surface area contributed by atoms with Gasteiger partial charge in [-0.25, -0.2) is 14.4 Å². The Morgan fingerprint density at radius 3 is 2.12 bits per heavy atom. The minimum atomic E-state index is -1.45. The fourth-order valence-corrected chi connectivity index (χ4v) is 0.811. The van der Waals surface area contributed by atoms with Crippen LogP contribution in [0.5, 0.6) is 0 Å². The molecule has 0 rings (SSSR count). The Kier molecular flexibility index (Phi) is 4.94. The zero-order valence-corrected chi connectivity index (χ0v) is 8.89. The first-order valence-corrected chi connectivity index (χ1v) is 4.30. The monoisotopic (exact) mass is 228 g/mol. The molecule has 0 radical (unpaired) electrons. The number of carbonyl (C=O) groups is 3. The molecule has 2 N–H and O–H groups in total. The minimum Gasteiger partial charge on any atom is -0.478 e. The lowest BCUT2D eigenvalue weighted by Gasteiger charge is -2.13. The van der Waals surface area contributed by atoms with E-state index in [2.05, 4.69) is 11.3 Å². The number of carboxylic acid groups (broad SMARTS) is 2. The maximum atomic E-state index is 11.1. The summed E-state index contributed by atoms with van der Waals surface area (Å²) < 4.78 is 4.69. The smallest absolute Gasteiger partial charge is 0.335 e. The van der Waals surface area contributed by atoms with E-state index in [4.69, 9.17) is 10.2 Å². The van der Waals surface area contributed by atoms with Crippen LogP contribution < -0.4 is 0 Å². The van der Waals surface area contributed by atoms with Crippen molar-refractivity contribution in [3.63, 3.8) is 0 Å². The second-order valence-corrected chi connectivity index (χ2v) is 3.07. The van der Waals surface area contributed by atoms with E-state index in [1.807, 2.05) is 0 Å². The van der Waals surface area contributed by atoms with Gasteiger partial charge in [-0.3, -0.25) is 0 Å². The normalized spacial score (nSPS) is 12.8. The van der Waals surface area contributed by atoms with Crippen LogP contribution in [0.15, 0.2) is 23.8 Å². The second kappa shape index (κ2) is 5.69. The Bertz CT molecular complexity index is 366. The number of rotatable bonds is 5. The van der Waals surface area contributed by atoms with Crippen LogP contribution in [0.2, 0.25) is 0 Å². The molecular formula is C10H12O6. The van der Waals surface area contributed by atoms with Crippen molar-refractivity contribution in [2.24, 2.45) is 0 Å². The topological polar surface area (TPSA) is 101 Å². The van der Waals surface area contributed by atoms with E-state index in [0.717, 1.165) is 0 Å². The van der Waals surface area contributed by atoms with Gasteiger partial charge in [0.2, 0.25) is 0 Å². The number of esters is 1. The lowest BCUT2D eigenvalue weighted by molar-refractivity contribution is -0.144. The van der Waals surface area contributed by atoms with Gasteiger partial charge >= 0.3 is 17.9 Å². The zero-order chi connectivity index (χ0) is 12.9. The average molecular weight is 228 g/mol. The van der Waals surface area contributed by atoms with Crippen LogP contribution in [0.25, 0.3) is 0 Å². The molecule has 1 atom stereocenters. The first kappa shape index (κ1) is 13.9. The van der Waals surface area contributed by atoms with Gasteiger partial charge in [-0.05, 0) is 13.8 Å². The van der Waals surface area contributed by atoms with Crippen molar-refractivity contribution in [2.75, 3.05) is 0 Å². The first-order chi connectivity index (χ1) is 7.25. The molecule has 0 aromatic rings. The van der Waals surface area contributed by atoms with Gasteiger partial charge in [-0.1, -0.05) is 6.58 Å². The molecule has 0 aromatic heterocycles. The third-order valence-electron chi connectivity index (χ3n) is 1.60. The highest BCUT2D eigenvalue weighted by molar-refractivity contribution is 5.96. The van der Waals surface area contributed by atoms with E-state index in [1.54, 1.807) is 0 Å². The summed E-state index contributed by atoms with van der Waals surface area (Å²) in [4.78, 5) is 32.1. The Balaban J connectivity index is 4.84. The maximum Gasteiger partial charge on any atom is 0.335 e. The van der Waals surface area contributed by atoms with Gasteiger partial charge in [-0.15, -0.1) is 0 Å². The predicted octanol–water partition coefficient (Wildman–Crippen LogP) is 0.590. The lowest BCUT2D eigenvalue weighted by atomic mass is 10.1. The standard InChI is InChI=1S/C10H12O6/c1-5(2)10(15)16-6(3)7(9(13)14)4-8(11)12/h4,6H,1H2,2-3H3,(H,11,12)(H,13,14)/b7-4-. The zero-order valence-electron chi connectivity index (χ0n) is 8.89. The number of ether oxygens (including phenoxy) is 1. The molecule has 0 saturated carbocycles. The Morgan fingerprint density at radius 1 is 1.31 bits per heavy atom. The van der Waals surface area contributed by atoms with Crippen molar-refractivity contribution in [3.05, 3.63) is 23.8 Å². The number of carbonyl (C=O) groups excluding carboxylic acids is 1. The molecule has 0 heterocycles. The molecule has 0 aliphatic heterocycles. The molecule has 0 aliphatic carbocycles. The fraction of sp³-hybridized carbons (Fsp3) is 0.300. The third-order valence-corrected chi connectivity index (χ3v) is 1.60. The highest BCUT2D eigenvalue weighted by Crippen LogP contribution is 2.09. The third kappa shape index (κ3) is 4.41. The number of hydrogen-bond acceptors (Lipinski definition) is 4. The first-order valence-electron chi connectivity index (χ1n) is 4.30. The molecule has 0 aromatic carbocycles. The summed E-state index contributed by atoms with van der Waals surface area (Å²) in [6.45, 7) is 5.98. The summed E-state index contributed by atoms with van der Waals surface area (Å²) in [5.74, 6) is -3.65. The Labute approximate surface area is 91.8 Å². The molecular weight excluding hydrogens is 216 g/mol. The van der Waals surface area contributed by atoms with E-state index in [0.29, 0.717) is 6.08 Å². The van der Waals surface area contributed by atoms with Gasteiger partial charge < -0.3 is 14.9 Å². The van der Waals surface area contributed by atoms with Gasteiger partial charge in [0.15, 0.2) is 0 Å². The molecule has 1 unspecified atom stereocenters. The van der Waals surface area contributed by atoms with Gasteiger partial charge in [0.1, 0.15) is 6.10 Å².